The zero-order chi connectivity index (χ0) is 20.3. The first-order valence-corrected chi connectivity index (χ1v) is 11.2. The van der Waals surface area contributed by atoms with Crippen molar-refractivity contribution in [2.45, 2.75) is 84.3 Å². The van der Waals surface area contributed by atoms with Crippen molar-refractivity contribution in [3.63, 3.8) is 0 Å². The van der Waals surface area contributed by atoms with Crippen molar-refractivity contribution in [3.8, 4) is 0 Å². The third-order valence-corrected chi connectivity index (χ3v) is 9.66. The van der Waals surface area contributed by atoms with Crippen molar-refractivity contribution in [2.75, 3.05) is 0 Å². The summed E-state index contributed by atoms with van der Waals surface area (Å²) in [5.74, 6) is 2.16. The molecule has 9 atom stereocenters. The molecule has 4 nitrogen and oxygen atoms in total. The molecule has 4 fully saturated rings. The minimum absolute atomic E-state index is 0.0673. The van der Waals surface area contributed by atoms with Gasteiger partial charge in [0, 0.05) is 12.3 Å². The molecule has 4 rings (SSSR count). The number of rotatable bonds is 3. The van der Waals surface area contributed by atoms with E-state index in [-0.39, 0.29) is 34.9 Å². The number of carbonyl (C=O) groups is 2. The molecular formula is C24H36O4. The van der Waals surface area contributed by atoms with Gasteiger partial charge in [0.25, 0.3) is 0 Å². The first-order valence-electron chi connectivity index (χ1n) is 11.2. The Kier molecular flexibility index (Phi) is 5.01. The van der Waals surface area contributed by atoms with Gasteiger partial charge in [-0.15, -0.1) is 0 Å². The van der Waals surface area contributed by atoms with Gasteiger partial charge in [-0.3, -0.25) is 9.59 Å². The molecule has 4 aliphatic rings. The van der Waals surface area contributed by atoms with Crippen molar-refractivity contribution in [2.24, 2.45) is 40.4 Å². The lowest BCUT2D eigenvalue weighted by molar-refractivity contribution is -0.176. The molecule has 4 aliphatic carbocycles. The summed E-state index contributed by atoms with van der Waals surface area (Å²) >= 11 is 0. The average molecular weight is 389 g/mol. The molecule has 0 amide bonds. The van der Waals surface area contributed by atoms with Crippen LogP contribution in [-0.2, 0) is 14.3 Å². The summed E-state index contributed by atoms with van der Waals surface area (Å²) in [7, 11) is 0. The number of aliphatic hydroxyl groups excluding tert-OH is 1. The molecule has 156 valence electrons. The largest absolute Gasteiger partial charge is 0.463 e. The molecule has 0 aromatic rings. The van der Waals surface area contributed by atoms with Crippen molar-refractivity contribution >= 4 is 12.3 Å². The zero-order valence-corrected chi connectivity index (χ0v) is 17.7. The van der Waals surface area contributed by atoms with Crippen LogP contribution in [-0.4, -0.2) is 29.6 Å². The van der Waals surface area contributed by atoms with Crippen LogP contribution in [0.4, 0.5) is 0 Å². The maximum atomic E-state index is 11.4. The molecular weight excluding hydrogens is 352 g/mol. The molecule has 0 radical (unpaired) electrons. The summed E-state index contributed by atoms with van der Waals surface area (Å²) in [5, 5.41) is 11.3. The highest BCUT2D eigenvalue weighted by Crippen LogP contribution is 2.68. The van der Waals surface area contributed by atoms with Gasteiger partial charge >= 0.3 is 5.97 Å². The molecule has 3 unspecified atom stereocenters. The molecule has 0 bridgehead atoms. The SMILES string of the molecule is C=C(C=O)[C@H]1CC[C@H]2[C@@H]3CCC4CC(OC(C)=O)CC[C@]4(C)[C@H]3CC(O)[C@]12C. The summed E-state index contributed by atoms with van der Waals surface area (Å²) in [4.78, 5) is 22.8. The fraction of sp³-hybridized carbons (Fsp3) is 0.833. The third kappa shape index (κ3) is 2.81. The van der Waals surface area contributed by atoms with Crippen molar-refractivity contribution in [3.05, 3.63) is 12.2 Å². The van der Waals surface area contributed by atoms with Crippen LogP contribution in [0.5, 0.6) is 0 Å². The van der Waals surface area contributed by atoms with E-state index in [1.54, 1.807) is 0 Å². The quantitative estimate of drug-likeness (QED) is 0.445. The van der Waals surface area contributed by atoms with Crippen molar-refractivity contribution < 1.29 is 19.4 Å². The maximum absolute atomic E-state index is 11.4. The van der Waals surface area contributed by atoms with E-state index in [1.807, 2.05) is 0 Å². The lowest BCUT2D eigenvalue weighted by atomic mass is 9.44. The van der Waals surface area contributed by atoms with Gasteiger partial charge < -0.3 is 9.84 Å². The van der Waals surface area contributed by atoms with Gasteiger partial charge in [-0.1, -0.05) is 20.4 Å². The number of carbonyl (C=O) groups excluding carboxylic acids is 2. The Hall–Kier alpha value is -1.16. The minimum Gasteiger partial charge on any atom is -0.463 e. The fourth-order valence-electron chi connectivity index (χ4n) is 8.21. The Bertz CT molecular complexity index is 672. The molecule has 4 heteroatoms. The molecule has 0 saturated heterocycles. The highest BCUT2D eigenvalue weighted by atomic mass is 16.5. The number of fused-ring (bicyclic) bond motifs is 5. The standard InChI is InChI=1S/C24H36O4/c1-14(13-25)19-7-8-20-18-6-5-16-11-17(28-15(2)26)9-10-23(16,3)21(18)12-22(27)24(19,20)4/h13,16-22,27H,1,5-12H2,2-4H3/t16?,17?,18-,19+,20-,21-,22?,23-,24+/m0/s1. The first-order chi connectivity index (χ1) is 13.2. The summed E-state index contributed by atoms with van der Waals surface area (Å²) < 4.78 is 5.55. The van der Waals surface area contributed by atoms with Gasteiger partial charge in [-0.25, -0.2) is 0 Å². The van der Waals surface area contributed by atoms with Crippen LogP contribution in [0.2, 0.25) is 0 Å². The molecule has 0 heterocycles. The van der Waals surface area contributed by atoms with Gasteiger partial charge in [0.05, 0.1) is 6.10 Å². The minimum atomic E-state index is -0.371. The van der Waals surface area contributed by atoms with E-state index in [4.69, 9.17) is 4.74 Å². The second-order valence-corrected chi connectivity index (χ2v) is 10.6. The van der Waals surface area contributed by atoms with Gasteiger partial charge in [-0.05, 0) is 91.9 Å². The number of allylic oxidation sites excluding steroid dienone is 1. The van der Waals surface area contributed by atoms with Crippen molar-refractivity contribution in [1.29, 1.82) is 0 Å². The summed E-state index contributed by atoms with van der Waals surface area (Å²) in [5.41, 5.74) is 0.683. The molecule has 4 saturated carbocycles. The highest BCUT2D eigenvalue weighted by Gasteiger charge is 2.63. The average Bonchev–Trinajstić information content (AvgIpc) is 3.01. The molecule has 0 aromatic heterocycles. The summed E-state index contributed by atoms with van der Waals surface area (Å²) in [6.07, 6.45) is 8.91. The predicted molar refractivity (Wildman–Crippen MR) is 107 cm³/mol. The van der Waals surface area contributed by atoms with Crippen molar-refractivity contribution in [1.82, 2.24) is 0 Å². The molecule has 0 aliphatic heterocycles. The van der Waals surface area contributed by atoms with E-state index in [2.05, 4.69) is 20.4 Å². The van der Waals surface area contributed by atoms with Gasteiger partial charge in [0.15, 0.2) is 0 Å². The monoisotopic (exact) mass is 388 g/mol. The summed E-state index contributed by atoms with van der Waals surface area (Å²) in [6.45, 7) is 10.2. The van der Waals surface area contributed by atoms with Crippen LogP contribution in [0.15, 0.2) is 12.2 Å². The second kappa shape index (κ2) is 6.97. The Morgan fingerprint density at radius 3 is 2.54 bits per heavy atom. The number of aldehydes is 1. The van der Waals surface area contributed by atoms with E-state index in [0.717, 1.165) is 44.8 Å². The Morgan fingerprint density at radius 2 is 1.86 bits per heavy atom. The van der Waals surface area contributed by atoms with Crippen LogP contribution >= 0.6 is 0 Å². The molecule has 0 spiro atoms. The van der Waals surface area contributed by atoms with E-state index in [9.17, 15) is 14.7 Å². The Morgan fingerprint density at radius 1 is 1.11 bits per heavy atom. The van der Waals surface area contributed by atoms with Crippen LogP contribution in [0.3, 0.4) is 0 Å². The van der Waals surface area contributed by atoms with E-state index < -0.39 is 0 Å². The smallest absolute Gasteiger partial charge is 0.302 e. The molecule has 28 heavy (non-hydrogen) atoms. The van der Waals surface area contributed by atoms with Crippen LogP contribution in [0, 0.1) is 40.4 Å². The van der Waals surface area contributed by atoms with Crippen LogP contribution in [0.1, 0.15) is 72.1 Å². The Labute approximate surface area is 169 Å². The second-order valence-electron chi connectivity index (χ2n) is 10.6. The topological polar surface area (TPSA) is 63.6 Å². The normalized spacial score (nSPS) is 50.1. The molecule has 1 N–H and O–H groups in total. The zero-order valence-electron chi connectivity index (χ0n) is 17.7. The number of ether oxygens (including phenoxy) is 1. The maximum Gasteiger partial charge on any atom is 0.302 e. The van der Waals surface area contributed by atoms with Crippen LogP contribution in [0.25, 0.3) is 0 Å². The number of hydrogen-bond acceptors (Lipinski definition) is 4. The van der Waals surface area contributed by atoms with E-state index in [0.29, 0.717) is 29.2 Å². The lowest BCUT2D eigenvalue weighted by Gasteiger charge is -2.62. The van der Waals surface area contributed by atoms with Gasteiger partial charge in [0.1, 0.15) is 12.4 Å². The lowest BCUT2D eigenvalue weighted by Crippen LogP contribution is -2.58. The van der Waals surface area contributed by atoms with E-state index >= 15 is 0 Å². The first kappa shape index (κ1) is 20.1. The number of aliphatic hydroxyl groups is 1. The van der Waals surface area contributed by atoms with E-state index in [1.165, 1.54) is 19.8 Å². The number of hydrogen-bond donors (Lipinski definition) is 1. The fourth-order valence-corrected chi connectivity index (χ4v) is 8.21. The van der Waals surface area contributed by atoms with Crippen LogP contribution < -0.4 is 0 Å². The van der Waals surface area contributed by atoms with Gasteiger partial charge in [-0.2, -0.15) is 0 Å². The molecule has 0 aromatic carbocycles. The predicted octanol–water partition coefficient (Wildman–Crippen LogP) is 4.30. The Balaban J connectivity index is 1.58. The van der Waals surface area contributed by atoms with Gasteiger partial charge in [0.2, 0.25) is 0 Å². The third-order valence-electron chi connectivity index (χ3n) is 9.66. The summed E-state index contributed by atoms with van der Waals surface area (Å²) in [6, 6.07) is 0. The highest BCUT2D eigenvalue weighted by molar-refractivity contribution is 5.73. The number of esters is 1.